The summed E-state index contributed by atoms with van der Waals surface area (Å²) in [6.45, 7) is 0. The quantitative estimate of drug-likeness (QED) is 0.0495. The van der Waals surface area contributed by atoms with Crippen LogP contribution in [0.2, 0.25) is 0 Å². The predicted octanol–water partition coefficient (Wildman–Crippen LogP) is 12.5. The van der Waals surface area contributed by atoms with Crippen molar-refractivity contribution in [3.05, 3.63) is 245 Å². The third kappa shape index (κ3) is 9.52. The molecule has 8 aromatic carbocycles. The van der Waals surface area contributed by atoms with E-state index in [1.165, 1.54) is 42.5 Å². The topological polar surface area (TPSA) is 199 Å². The molecule has 0 atom stereocenters. The lowest BCUT2D eigenvalue weighted by Crippen LogP contribution is -2.29. The molecular weight excluding hydrogens is 909 g/mol. The zero-order chi connectivity index (χ0) is 49.7. The van der Waals surface area contributed by atoms with Crippen LogP contribution in [0.3, 0.4) is 0 Å². The van der Waals surface area contributed by atoms with Gasteiger partial charge in [-0.3, -0.25) is 33.6 Å². The number of carbonyl (C=O) groups is 7. The Labute approximate surface area is 410 Å². The van der Waals surface area contributed by atoms with Crippen LogP contribution in [-0.4, -0.2) is 41.2 Å². The van der Waals surface area contributed by atoms with Gasteiger partial charge in [0.2, 0.25) is 0 Å². The largest absolute Gasteiger partial charge is 0.322 e. The molecule has 0 fully saturated rings. The minimum absolute atomic E-state index is 0.0947. The highest BCUT2D eigenvalue weighted by molar-refractivity contribution is 6.35. The van der Waals surface area contributed by atoms with E-state index in [0.29, 0.717) is 56.6 Å². The molecule has 10 rings (SSSR count). The second-order valence-corrected chi connectivity index (χ2v) is 16.3. The van der Waals surface area contributed by atoms with Crippen LogP contribution in [0, 0.1) is 0 Å². The molecular formula is C57H36N8O7. The van der Waals surface area contributed by atoms with E-state index >= 15 is 0 Å². The lowest BCUT2D eigenvalue weighted by atomic mass is 10.0. The molecule has 0 aromatic heterocycles. The molecule has 8 aromatic rings. The number of anilines is 4. The van der Waals surface area contributed by atoms with Crippen LogP contribution < -0.4 is 20.4 Å². The van der Waals surface area contributed by atoms with Crippen molar-refractivity contribution in [2.75, 3.05) is 20.4 Å². The molecule has 2 heterocycles. The molecule has 2 N–H and O–H groups in total. The second-order valence-electron chi connectivity index (χ2n) is 16.3. The van der Waals surface area contributed by atoms with E-state index in [9.17, 15) is 33.6 Å². The van der Waals surface area contributed by atoms with Crippen molar-refractivity contribution < 1.29 is 33.6 Å². The number of allylic oxidation sites excluding steroid dienone is 1. The Hall–Kier alpha value is -10.4. The van der Waals surface area contributed by atoms with Crippen LogP contribution >= 0.6 is 0 Å². The van der Waals surface area contributed by atoms with E-state index in [1.807, 2.05) is 60.7 Å². The fourth-order valence-electron chi connectivity index (χ4n) is 7.86. The average Bonchev–Trinajstić information content (AvgIpc) is 3.82. The minimum atomic E-state index is -0.565. The Bertz CT molecular complexity index is 3580. The zero-order valence-corrected chi connectivity index (χ0v) is 37.7. The Balaban J connectivity index is 0.713. The van der Waals surface area contributed by atoms with Crippen molar-refractivity contribution in [1.82, 2.24) is 0 Å². The first-order valence-corrected chi connectivity index (χ1v) is 22.3. The Morgan fingerprint density at radius 3 is 1.15 bits per heavy atom. The smallest absolute Gasteiger partial charge is 0.266 e. The molecule has 0 aliphatic carbocycles. The van der Waals surface area contributed by atoms with Gasteiger partial charge in [-0.05, 0) is 157 Å². The van der Waals surface area contributed by atoms with E-state index in [4.69, 9.17) is 0 Å². The van der Waals surface area contributed by atoms with E-state index in [1.54, 1.807) is 103 Å². The van der Waals surface area contributed by atoms with Crippen molar-refractivity contribution in [3.8, 4) is 0 Å². The molecule has 2 aliphatic heterocycles. The molecule has 346 valence electrons. The van der Waals surface area contributed by atoms with Gasteiger partial charge in [-0.2, -0.15) is 20.5 Å². The summed E-state index contributed by atoms with van der Waals surface area (Å²) >= 11 is 0. The van der Waals surface area contributed by atoms with Crippen molar-refractivity contribution in [1.29, 1.82) is 0 Å². The molecule has 0 radical (unpaired) electrons. The number of nitrogens with one attached hydrogen (secondary N) is 2. The van der Waals surface area contributed by atoms with Gasteiger partial charge in [-0.15, -0.1) is 0 Å². The lowest BCUT2D eigenvalue weighted by Gasteiger charge is -2.13. The zero-order valence-electron chi connectivity index (χ0n) is 37.7. The number of imide groups is 2. The van der Waals surface area contributed by atoms with Gasteiger partial charge in [0.15, 0.2) is 5.78 Å². The number of hydrogen-bond donors (Lipinski definition) is 2. The van der Waals surface area contributed by atoms with Gasteiger partial charge in [-0.1, -0.05) is 54.6 Å². The number of nitrogens with zero attached hydrogens (tertiary/aromatic N) is 6. The first-order valence-electron chi connectivity index (χ1n) is 22.3. The fraction of sp³-hybridized carbons (Fsp3) is 0. The number of rotatable bonds is 13. The summed E-state index contributed by atoms with van der Waals surface area (Å²) in [5, 5.41) is 22.4. The van der Waals surface area contributed by atoms with Crippen molar-refractivity contribution in [3.63, 3.8) is 0 Å². The van der Waals surface area contributed by atoms with Crippen LogP contribution in [0.25, 0.3) is 6.08 Å². The van der Waals surface area contributed by atoms with Crippen molar-refractivity contribution in [2.24, 2.45) is 20.5 Å². The maximum Gasteiger partial charge on any atom is 0.266 e. The molecule has 6 amide bonds. The summed E-state index contributed by atoms with van der Waals surface area (Å²) in [6.07, 6.45) is 3.02. The summed E-state index contributed by atoms with van der Waals surface area (Å²) in [5.41, 5.74) is 5.94. The Morgan fingerprint density at radius 1 is 0.375 bits per heavy atom. The first kappa shape index (κ1) is 45.4. The highest BCUT2D eigenvalue weighted by Crippen LogP contribution is 2.33. The number of carbonyl (C=O) groups excluding carboxylic acids is 7. The van der Waals surface area contributed by atoms with Crippen molar-refractivity contribution in [2.45, 2.75) is 0 Å². The summed E-state index contributed by atoms with van der Waals surface area (Å²) < 4.78 is 0. The van der Waals surface area contributed by atoms with Crippen LogP contribution in [-0.2, 0) is 0 Å². The minimum Gasteiger partial charge on any atom is -0.322 e. The molecule has 0 bridgehead atoms. The predicted molar refractivity (Wildman–Crippen MR) is 271 cm³/mol. The highest BCUT2D eigenvalue weighted by Gasteiger charge is 2.38. The van der Waals surface area contributed by atoms with Crippen LogP contribution in [0.4, 0.5) is 45.5 Å². The highest BCUT2D eigenvalue weighted by atomic mass is 16.2. The first-order chi connectivity index (χ1) is 35.1. The summed E-state index contributed by atoms with van der Waals surface area (Å²) in [6, 6.07) is 53.2. The molecule has 15 heteroatoms. The molecule has 72 heavy (non-hydrogen) atoms. The third-order valence-corrected chi connectivity index (χ3v) is 11.6. The monoisotopic (exact) mass is 944 g/mol. The molecule has 0 unspecified atom stereocenters. The number of fused-ring (bicyclic) bond motifs is 2. The number of hydrogen-bond acceptors (Lipinski definition) is 11. The van der Waals surface area contributed by atoms with Gasteiger partial charge in [0, 0.05) is 28.1 Å². The van der Waals surface area contributed by atoms with Gasteiger partial charge >= 0.3 is 0 Å². The van der Waals surface area contributed by atoms with Gasteiger partial charge in [0.05, 0.1) is 56.4 Å². The third-order valence-electron chi connectivity index (χ3n) is 11.6. The van der Waals surface area contributed by atoms with Gasteiger partial charge in [0.1, 0.15) is 0 Å². The maximum atomic E-state index is 13.5. The van der Waals surface area contributed by atoms with E-state index in [0.717, 1.165) is 9.80 Å². The molecule has 0 saturated carbocycles. The summed E-state index contributed by atoms with van der Waals surface area (Å²) in [4.78, 5) is 95.3. The molecule has 2 aliphatic rings. The fourth-order valence-corrected chi connectivity index (χ4v) is 7.86. The number of benzene rings is 8. The standard InChI is InChI=1S/C57H36N8O7/c66-51(36-14-20-40(21-15-36)59-53(68)38-17-31-48-50(34-38)57(72)65(55(48)70)46-28-24-44(25-29-46)63-61-42-9-5-2-6-10-42)32-13-35-11-18-39(19-12-35)58-52(67)37-16-30-47-49(33-37)56(71)64(54(47)69)45-26-22-43(23-27-45)62-60-41-7-3-1-4-8-41/h1-34H,(H,58,67)(H,59,68). The van der Waals surface area contributed by atoms with Gasteiger partial charge in [0.25, 0.3) is 35.4 Å². The molecule has 15 nitrogen and oxygen atoms in total. The average molecular weight is 945 g/mol. The van der Waals surface area contributed by atoms with Gasteiger partial charge in [-0.25, -0.2) is 9.80 Å². The van der Waals surface area contributed by atoms with Gasteiger partial charge < -0.3 is 10.6 Å². The Morgan fingerprint density at radius 2 is 0.736 bits per heavy atom. The Kier molecular flexibility index (Phi) is 12.4. The maximum absolute atomic E-state index is 13.5. The van der Waals surface area contributed by atoms with Crippen LogP contribution in [0.1, 0.15) is 78.1 Å². The molecule has 0 saturated heterocycles. The second kappa shape index (κ2) is 19.7. The lowest BCUT2D eigenvalue weighted by molar-refractivity contribution is 0.0910. The number of amides is 6. The summed E-state index contributed by atoms with van der Waals surface area (Å²) in [7, 11) is 0. The van der Waals surface area contributed by atoms with E-state index < -0.39 is 35.4 Å². The van der Waals surface area contributed by atoms with Crippen LogP contribution in [0.5, 0.6) is 0 Å². The SMILES string of the molecule is O=C(C=Cc1ccc(NC(=O)c2ccc3c(c2)C(=O)N(c2ccc(N=Nc4ccccc4)cc2)C3=O)cc1)c1ccc(NC(=O)c2ccc3c(c2)C(=O)N(c2ccc(N=Nc4ccccc4)cc2)C3=O)cc1. The number of ketones is 1. The van der Waals surface area contributed by atoms with Crippen molar-refractivity contribution >= 4 is 92.8 Å². The van der Waals surface area contributed by atoms with Crippen LogP contribution in [0.15, 0.2) is 221 Å². The summed E-state index contributed by atoms with van der Waals surface area (Å²) in [5.74, 6) is -3.45. The normalized spacial score (nSPS) is 13.1. The molecule has 0 spiro atoms. The van der Waals surface area contributed by atoms with E-state index in [2.05, 4.69) is 31.1 Å². The number of azo groups is 2. The van der Waals surface area contributed by atoms with E-state index in [-0.39, 0.29) is 39.2 Å².